The zero-order valence-corrected chi connectivity index (χ0v) is 16.9. The zero-order chi connectivity index (χ0) is 19.3. The third kappa shape index (κ3) is 5.30. The second-order valence-corrected chi connectivity index (χ2v) is 7.90. The van der Waals surface area contributed by atoms with E-state index in [1.165, 1.54) is 0 Å². The minimum absolute atomic E-state index is 0.224. The summed E-state index contributed by atoms with van der Waals surface area (Å²) in [5.41, 5.74) is 7.30. The third-order valence-corrected chi connectivity index (χ3v) is 5.19. The van der Waals surface area contributed by atoms with E-state index in [9.17, 15) is 4.79 Å². The van der Waals surface area contributed by atoms with Gasteiger partial charge in [-0.1, -0.05) is 53.2 Å². The molecule has 3 rings (SSSR count). The molecule has 0 saturated heterocycles. The first-order valence-corrected chi connectivity index (χ1v) is 9.74. The Labute approximate surface area is 168 Å². The molecule has 140 valence electrons. The van der Waals surface area contributed by atoms with Crippen LogP contribution in [0.2, 0.25) is 0 Å². The summed E-state index contributed by atoms with van der Waals surface area (Å²) in [6.45, 7) is 2.37. The molecule has 0 radical (unpaired) electrons. The highest BCUT2D eigenvalue weighted by atomic mass is 79.9. The summed E-state index contributed by atoms with van der Waals surface area (Å²) in [5, 5.41) is 0. The van der Waals surface area contributed by atoms with Crippen LogP contribution in [0.15, 0.2) is 70.1 Å². The number of hydrogen-bond acceptors (Lipinski definition) is 3. The van der Waals surface area contributed by atoms with Crippen molar-refractivity contribution in [1.82, 2.24) is 0 Å². The molecule has 2 atom stereocenters. The summed E-state index contributed by atoms with van der Waals surface area (Å²) in [6, 6.07) is 16.1. The fraction of sp³-hybridized carbons (Fsp3) is 0.273. The molecule has 0 aliphatic carbocycles. The Kier molecular flexibility index (Phi) is 6.11. The van der Waals surface area contributed by atoms with Gasteiger partial charge in [-0.15, -0.1) is 0 Å². The number of carbonyl (C=O) groups is 1. The van der Waals surface area contributed by atoms with Crippen LogP contribution in [0.5, 0.6) is 5.75 Å². The molecule has 0 spiro atoms. The molecule has 1 aliphatic rings. The van der Waals surface area contributed by atoms with Crippen molar-refractivity contribution in [3.8, 4) is 5.75 Å². The Morgan fingerprint density at radius 2 is 2.00 bits per heavy atom. The summed E-state index contributed by atoms with van der Waals surface area (Å²) in [7, 11) is 0. The predicted molar refractivity (Wildman–Crippen MR) is 112 cm³/mol. The number of hydrogen-bond donors (Lipinski definition) is 1. The van der Waals surface area contributed by atoms with Crippen LogP contribution in [0.3, 0.4) is 0 Å². The van der Waals surface area contributed by atoms with Crippen molar-refractivity contribution < 1.29 is 9.53 Å². The number of aliphatic imine (C=N–C) groups is 1. The molecule has 2 aromatic carbocycles. The van der Waals surface area contributed by atoms with Gasteiger partial charge in [0.1, 0.15) is 12.4 Å². The molecule has 2 N–H and O–H groups in total. The van der Waals surface area contributed by atoms with Crippen molar-refractivity contribution in [1.29, 1.82) is 0 Å². The van der Waals surface area contributed by atoms with E-state index in [1.54, 1.807) is 6.21 Å². The van der Waals surface area contributed by atoms with Crippen LogP contribution in [0.25, 0.3) is 0 Å². The monoisotopic (exact) mass is 426 g/mol. The first-order valence-electron chi connectivity index (χ1n) is 8.94. The van der Waals surface area contributed by atoms with Gasteiger partial charge < -0.3 is 10.5 Å². The average molecular weight is 427 g/mol. The molecule has 1 heterocycles. The molecule has 0 fully saturated rings. The average Bonchev–Trinajstić information content (AvgIpc) is 3.09. The van der Waals surface area contributed by atoms with Crippen LogP contribution >= 0.6 is 15.9 Å². The predicted octanol–water partition coefficient (Wildman–Crippen LogP) is 4.46. The van der Waals surface area contributed by atoms with Gasteiger partial charge in [-0.05, 0) is 47.9 Å². The van der Waals surface area contributed by atoms with E-state index in [0.29, 0.717) is 13.0 Å². The number of carbonyl (C=O) groups excluding carboxylic acids is 1. The lowest BCUT2D eigenvalue weighted by molar-refractivity contribution is -0.121. The summed E-state index contributed by atoms with van der Waals surface area (Å²) in [4.78, 5) is 16.1. The molecule has 5 heteroatoms. The number of benzene rings is 2. The van der Waals surface area contributed by atoms with Crippen molar-refractivity contribution in [3.05, 3.63) is 76.3 Å². The zero-order valence-electron chi connectivity index (χ0n) is 15.3. The Morgan fingerprint density at radius 3 is 2.63 bits per heavy atom. The number of rotatable bonds is 8. The fourth-order valence-electron chi connectivity index (χ4n) is 3.24. The lowest BCUT2D eigenvalue weighted by Crippen LogP contribution is -2.33. The highest BCUT2D eigenvalue weighted by Crippen LogP contribution is 2.30. The third-order valence-electron chi connectivity index (χ3n) is 4.70. The summed E-state index contributed by atoms with van der Waals surface area (Å²) >= 11 is 3.47. The first kappa shape index (κ1) is 19.4. The minimum atomic E-state index is -0.396. The molecule has 2 unspecified atom stereocenters. The quantitative estimate of drug-likeness (QED) is 0.676. The Bertz CT molecular complexity index is 847. The number of allylic oxidation sites excluding steroid dienone is 1. The van der Waals surface area contributed by atoms with Crippen LogP contribution in [-0.4, -0.2) is 17.7 Å². The number of nitrogens with two attached hydrogens (primary N) is 1. The molecule has 0 bridgehead atoms. The second-order valence-electron chi connectivity index (χ2n) is 6.99. The largest absolute Gasteiger partial charge is 0.489 e. The first-order chi connectivity index (χ1) is 13.0. The van der Waals surface area contributed by atoms with Crippen LogP contribution in [0, 0.1) is 5.92 Å². The van der Waals surface area contributed by atoms with Crippen molar-refractivity contribution in [2.24, 2.45) is 16.6 Å². The molecule has 27 heavy (non-hydrogen) atoms. The Morgan fingerprint density at radius 1 is 1.22 bits per heavy atom. The molecule has 4 nitrogen and oxygen atoms in total. The van der Waals surface area contributed by atoms with E-state index >= 15 is 0 Å². The van der Waals surface area contributed by atoms with Gasteiger partial charge in [0.05, 0.1) is 5.54 Å². The van der Waals surface area contributed by atoms with Crippen LogP contribution in [-0.2, 0) is 17.8 Å². The van der Waals surface area contributed by atoms with E-state index < -0.39 is 5.54 Å². The smallest absolute Gasteiger partial charge is 0.220 e. The van der Waals surface area contributed by atoms with Crippen molar-refractivity contribution in [2.75, 3.05) is 0 Å². The lowest BCUT2D eigenvalue weighted by Gasteiger charge is -2.26. The number of amides is 1. The van der Waals surface area contributed by atoms with Crippen molar-refractivity contribution >= 4 is 28.1 Å². The standard InChI is InChI=1S/C22H23BrN2O2/c1-16(21(24)26)13-22(10-3-11-25-22)14-17-6-8-20(9-7-17)27-15-18-4-2-5-19(23)12-18/h2-12,16H,13-15H2,1H3,(H2,24,26). The van der Waals surface area contributed by atoms with E-state index in [4.69, 9.17) is 10.5 Å². The van der Waals surface area contributed by atoms with Gasteiger partial charge in [-0.25, -0.2) is 0 Å². The molecule has 0 aromatic heterocycles. The summed E-state index contributed by atoms with van der Waals surface area (Å²) in [5.74, 6) is 0.308. The molecule has 1 aliphatic heterocycles. The maximum atomic E-state index is 11.5. The topological polar surface area (TPSA) is 64.7 Å². The number of nitrogens with zero attached hydrogens (tertiary/aromatic N) is 1. The van der Waals surface area contributed by atoms with E-state index in [2.05, 4.69) is 39.1 Å². The van der Waals surface area contributed by atoms with Crippen LogP contribution in [0.1, 0.15) is 24.5 Å². The number of ether oxygens (including phenoxy) is 1. The highest BCUT2D eigenvalue weighted by molar-refractivity contribution is 9.10. The molecular weight excluding hydrogens is 404 g/mol. The normalized spacial score (nSPS) is 19.2. The molecule has 1 amide bonds. The molecular formula is C22H23BrN2O2. The van der Waals surface area contributed by atoms with E-state index in [-0.39, 0.29) is 11.8 Å². The highest BCUT2D eigenvalue weighted by Gasteiger charge is 2.31. The maximum absolute atomic E-state index is 11.5. The van der Waals surface area contributed by atoms with Gasteiger partial charge in [0, 0.05) is 23.0 Å². The van der Waals surface area contributed by atoms with Crippen molar-refractivity contribution in [2.45, 2.75) is 31.9 Å². The lowest BCUT2D eigenvalue weighted by atomic mass is 9.83. The molecule has 2 aromatic rings. The van der Waals surface area contributed by atoms with Gasteiger partial charge in [0.25, 0.3) is 0 Å². The van der Waals surface area contributed by atoms with Gasteiger partial charge in [-0.2, -0.15) is 0 Å². The fourth-order valence-corrected chi connectivity index (χ4v) is 3.68. The van der Waals surface area contributed by atoms with Crippen LogP contribution in [0.4, 0.5) is 0 Å². The summed E-state index contributed by atoms with van der Waals surface area (Å²) < 4.78 is 6.91. The van der Waals surface area contributed by atoms with Crippen LogP contribution < -0.4 is 10.5 Å². The number of primary amides is 1. The van der Waals surface area contributed by atoms with Gasteiger partial charge >= 0.3 is 0 Å². The number of halogens is 1. The molecule has 0 saturated carbocycles. The summed E-state index contributed by atoms with van der Waals surface area (Å²) in [6.07, 6.45) is 7.12. The SMILES string of the molecule is CC(CC1(Cc2ccc(OCc3cccc(Br)c3)cc2)C=CC=N1)C(N)=O. The van der Waals surface area contributed by atoms with Gasteiger partial charge in [0.2, 0.25) is 5.91 Å². The Hall–Kier alpha value is -2.40. The minimum Gasteiger partial charge on any atom is -0.489 e. The van der Waals surface area contributed by atoms with Gasteiger partial charge in [-0.3, -0.25) is 9.79 Å². The second kappa shape index (κ2) is 8.53. The van der Waals surface area contributed by atoms with Crippen molar-refractivity contribution in [3.63, 3.8) is 0 Å². The maximum Gasteiger partial charge on any atom is 0.220 e. The van der Waals surface area contributed by atoms with E-state index in [0.717, 1.165) is 27.8 Å². The van der Waals surface area contributed by atoms with Gasteiger partial charge in [0.15, 0.2) is 0 Å². The Balaban J connectivity index is 1.63. The van der Waals surface area contributed by atoms with E-state index in [1.807, 2.05) is 49.4 Å².